The minimum absolute atomic E-state index is 0.0448. The van der Waals surface area contributed by atoms with Gasteiger partial charge in [0, 0.05) is 36.4 Å². The summed E-state index contributed by atoms with van der Waals surface area (Å²) in [5, 5.41) is 0. The number of hydrogen-bond acceptors (Lipinski definition) is 4. The van der Waals surface area contributed by atoms with Crippen LogP contribution >= 0.6 is 0 Å². The number of sulfonamides is 1. The first-order valence-corrected chi connectivity index (χ1v) is 10.6. The van der Waals surface area contributed by atoms with Crippen LogP contribution < -0.4 is 14.4 Å². The van der Waals surface area contributed by atoms with E-state index in [0.717, 1.165) is 48.7 Å². The zero-order valence-corrected chi connectivity index (χ0v) is 17.0. The Hall–Kier alpha value is -2.83. The molecule has 2 atom stereocenters. The van der Waals surface area contributed by atoms with Crippen LogP contribution in [-0.2, 0) is 10.0 Å². The van der Waals surface area contributed by atoms with E-state index in [4.69, 9.17) is 10.5 Å². The van der Waals surface area contributed by atoms with Crippen LogP contribution in [0.2, 0.25) is 0 Å². The highest BCUT2D eigenvalue weighted by Crippen LogP contribution is 2.40. The molecule has 0 spiro atoms. The summed E-state index contributed by atoms with van der Waals surface area (Å²) in [4.78, 5) is 0. The molecule has 0 radical (unpaired) electrons. The minimum Gasteiger partial charge on any atom is -0.454 e. The highest BCUT2D eigenvalue weighted by atomic mass is 32.2. The lowest BCUT2D eigenvalue weighted by molar-refractivity contribution is -0.107. The molecule has 1 heterocycles. The van der Waals surface area contributed by atoms with Crippen LogP contribution in [0.25, 0.3) is 0 Å². The molecule has 0 saturated heterocycles. The van der Waals surface area contributed by atoms with Gasteiger partial charge in [-0.15, -0.1) is 3.89 Å². The fourth-order valence-corrected chi connectivity index (χ4v) is 4.91. The van der Waals surface area contributed by atoms with Crippen molar-refractivity contribution < 1.29 is 39.5 Å². The van der Waals surface area contributed by atoms with E-state index in [2.05, 4.69) is 0 Å². The van der Waals surface area contributed by atoms with Crippen molar-refractivity contribution in [2.24, 2.45) is 5.73 Å². The summed E-state index contributed by atoms with van der Waals surface area (Å²) in [5.41, 5.74) is 5.25. The quantitative estimate of drug-likeness (QED) is 0.372. The van der Waals surface area contributed by atoms with Crippen molar-refractivity contribution in [2.75, 3.05) is 12.3 Å². The minimum atomic E-state index is -5.22. The van der Waals surface area contributed by atoms with Gasteiger partial charge in [0.25, 0.3) is 6.30 Å². The highest BCUT2D eigenvalue weighted by Gasteiger charge is 2.55. The fraction of sp³-hybridized carbons (Fsp3) is 0.200. The van der Waals surface area contributed by atoms with Gasteiger partial charge in [-0.2, -0.15) is 26.0 Å². The van der Waals surface area contributed by atoms with Crippen LogP contribution in [0.5, 0.6) is 11.5 Å². The van der Waals surface area contributed by atoms with E-state index in [1.54, 1.807) is 0 Å². The number of quaternary nitrogens is 1. The standard InChI is InChI=1S/C20H17F6N2O3S/c21-14-2-7-18(17(22)9-14)31-16-5-3-15(4-6-16)28(32(29,30)12-20(24,25)26)11-13(10-27)1-8-19(28)23/h1-9,11,19H,10,12,27H2/q+1. The molecule has 0 fully saturated rings. The normalized spacial score (nSPS) is 21.3. The van der Waals surface area contributed by atoms with E-state index in [0.29, 0.717) is 6.07 Å². The Morgan fingerprint density at radius 1 is 1.06 bits per heavy atom. The summed E-state index contributed by atoms with van der Waals surface area (Å²) < 4.78 is 110. The summed E-state index contributed by atoms with van der Waals surface area (Å²) in [6.45, 7) is -0.240. The molecule has 1 aliphatic rings. The molecule has 2 N–H and O–H groups in total. The number of hydrogen-bond donors (Lipinski definition) is 1. The van der Waals surface area contributed by atoms with Gasteiger partial charge in [-0.25, -0.2) is 8.78 Å². The molecule has 0 aliphatic carbocycles. The molecular weight excluding hydrogens is 462 g/mol. The first-order chi connectivity index (χ1) is 14.9. The number of alkyl halides is 4. The van der Waals surface area contributed by atoms with Gasteiger partial charge in [0.05, 0.1) is 0 Å². The summed E-state index contributed by atoms with van der Waals surface area (Å²) in [5.74, 6) is -4.51. The van der Waals surface area contributed by atoms with Crippen molar-refractivity contribution >= 4 is 15.7 Å². The summed E-state index contributed by atoms with van der Waals surface area (Å²) in [6.07, 6.45) is -4.68. The lowest BCUT2D eigenvalue weighted by Gasteiger charge is -2.36. The lowest BCUT2D eigenvalue weighted by atomic mass is 10.1. The smallest absolute Gasteiger partial charge is 0.408 e. The first-order valence-electron chi connectivity index (χ1n) is 9.03. The Labute approximate surface area is 179 Å². The third kappa shape index (κ3) is 4.66. The van der Waals surface area contributed by atoms with Gasteiger partial charge in [-0.05, 0) is 30.3 Å². The molecule has 0 aromatic heterocycles. The van der Waals surface area contributed by atoms with Gasteiger partial charge in [0.2, 0.25) is 0 Å². The Balaban J connectivity index is 2.06. The van der Waals surface area contributed by atoms with Crippen LogP contribution in [-0.4, -0.2) is 33.2 Å². The van der Waals surface area contributed by atoms with Crippen LogP contribution in [0.1, 0.15) is 0 Å². The van der Waals surface area contributed by atoms with Crippen molar-refractivity contribution in [3.05, 3.63) is 78.0 Å². The average molecular weight is 479 g/mol. The molecule has 2 aromatic rings. The van der Waals surface area contributed by atoms with E-state index in [9.17, 15) is 30.4 Å². The Bertz CT molecular complexity index is 1160. The van der Waals surface area contributed by atoms with Crippen molar-refractivity contribution in [2.45, 2.75) is 12.5 Å². The second-order valence-electron chi connectivity index (χ2n) is 6.86. The van der Waals surface area contributed by atoms with E-state index in [1.165, 1.54) is 6.08 Å². The molecule has 0 saturated carbocycles. The largest absolute Gasteiger partial charge is 0.454 e. The molecule has 5 nitrogen and oxygen atoms in total. The molecule has 3 rings (SSSR count). The molecule has 2 unspecified atom stereocenters. The number of halogens is 6. The highest BCUT2D eigenvalue weighted by molar-refractivity contribution is 7.91. The summed E-state index contributed by atoms with van der Waals surface area (Å²) >= 11 is 0. The Kier molecular flexibility index (Phi) is 6.40. The third-order valence-corrected chi connectivity index (χ3v) is 6.73. The van der Waals surface area contributed by atoms with Crippen LogP contribution in [0.3, 0.4) is 0 Å². The van der Waals surface area contributed by atoms with Gasteiger partial charge < -0.3 is 10.5 Å². The SMILES string of the molecule is NCC1=C[N+](c2ccc(Oc3ccc(F)cc3F)cc2)(S(=O)(=O)CC(F)(F)F)C(F)C=C1. The van der Waals surface area contributed by atoms with E-state index < -0.39 is 43.8 Å². The molecule has 32 heavy (non-hydrogen) atoms. The maximum absolute atomic E-state index is 15.0. The van der Waals surface area contributed by atoms with E-state index >= 15 is 4.39 Å². The zero-order chi connectivity index (χ0) is 23.7. The number of nitrogens with two attached hydrogens (primary N) is 1. The van der Waals surface area contributed by atoms with Crippen LogP contribution in [0.4, 0.5) is 32.0 Å². The van der Waals surface area contributed by atoms with Crippen molar-refractivity contribution in [1.82, 2.24) is 3.89 Å². The molecule has 172 valence electrons. The zero-order valence-electron chi connectivity index (χ0n) is 16.2. The molecule has 0 bridgehead atoms. The Morgan fingerprint density at radius 3 is 2.28 bits per heavy atom. The number of benzene rings is 2. The topological polar surface area (TPSA) is 69.4 Å². The first kappa shape index (κ1) is 23.8. The van der Waals surface area contributed by atoms with Crippen LogP contribution in [0.15, 0.2) is 66.4 Å². The van der Waals surface area contributed by atoms with Gasteiger partial charge in [-0.1, -0.05) is 0 Å². The van der Waals surface area contributed by atoms with Gasteiger partial charge in [0.15, 0.2) is 23.0 Å². The number of rotatable bonds is 6. The van der Waals surface area contributed by atoms with Crippen molar-refractivity contribution in [1.29, 1.82) is 0 Å². The molecule has 2 aromatic carbocycles. The maximum atomic E-state index is 15.0. The van der Waals surface area contributed by atoms with E-state index in [1.807, 2.05) is 0 Å². The maximum Gasteiger partial charge on any atom is 0.408 e. The second-order valence-corrected chi connectivity index (χ2v) is 8.92. The fourth-order valence-electron chi connectivity index (χ4n) is 3.17. The predicted octanol–water partition coefficient (Wildman–Crippen LogP) is 4.66. The van der Waals surface area contributed by atoms with Gasteiger partial charge in [0.1, 0.15) is 17.8 Å². The molecule has 0 amide bonds. The van der Waals surface area contributed by atoms with E-state index in [-0.39, 0.29) is 29.3 Å². The van der Waals surface area contributed by atoms with Gasteiger partial charge >= 0.3 is 16.2 Å². The lowest BCUT2D eigenvalue weighted by Crippen LogP contribution is -2.58. The van der Waals surface area contributed by atoms with Crippen molar-refractivity contribution in [3.8, 4) is 11.5 Å². The van der Waals surface area contributed by atoms with Crippen molar-refractivity contribution in [3.63, 3.8) is 0 Å². The number of nitrogens with zero attached hydrogens (tertiary/aromatic N) is 1. The average Bonchev–Trinajstić information content (AvgIpc) is 2.69. The third-order valence-electron chi connectivity index (χ3n) is 4.60. The molecule has 1 aliphatic heterocycles. The second kappa shape index (κ2) is 8.60. The summed E-state index contributed by atoms with van der Waals surface area (Å²) in [7, 11) is -5.22. The Morgan fingerprint density at radius 2 is 1.72 bits per heavy atom. The molecular formula is C20H17F6N2O3S+. The predicted molar refractivity (Wildman–Crippen MR) is 106 cm³/mol. The van der Waals surface area contributed by atoms with Gasteiger partial charge in [-0.3, -0.25) is 0 Å². The monoisotopic (exact) mass is 479 g/mol. The molecule has 12 heteroatoms. The van der Waals surface area contributed by atoms with Crippen LogP contribution in [0, 0.1) is 11.6 Å². The number of ether oxygens (including phenoxy) is 1. The summed E-state index contributed by atoms with van der Waals surface area (Å²) in [6, 6.07) is 6.89.